The minimum atomic E-state index is -0.199. The van der Waals surface area contributed by atoms with Crippen molar-refractivity contribution in [2.24, 2.45) is 7.05 Å². The van der Waals surface area contributed by atoms with Gasteiger partial charge in [-0.25, -0.2) is 9.67 Å². The third-order valence-electron chi connectivity index (χ3n) is 6.16. The third-order valence-corrected chi connectivity index (χ3v) is 6.16. The summed E-state index contributed by atoms with van der Waals surface area (Å²) in [5.74, 6) is -0.199. The molecule has 4 aromatic heterocycles. The molecule has 0 aliphatic heterocycles. The topological polar surface area (TPSA) is 95.5 Å². The van der Waals surface area contributed by atoms with E-state index < -0.39 is 0 Å². The van der Waals surface area contributed by atoms with Gasteiger partial charge in [0.05, 0.1) is 35.1 Å². The smallest absolute Gasteiger partial charge is 0.256 e. The summed E-state index contributed by atoms with van der Waals surface area (Å²) in [7, 11) is 1.90. The molecular weight excluding hydrogens is 440 g/mol. The normalized spacial score (nSPS) is 11.3. The molecule has 0 atom stereocenters. The van der Waals surface area contributed by atoms with Crippen LogP contribution in [0.2, 0.25) is 0 Å². The van der Waals surface area contributed by atoms with Gasteiger partial charge in [0.1, 0.15) is 0 Å². The van der Waals surface area contributed by atoms with Crippen LogP contribution in [0.25, 0.3) is 22.3 Å². The Morgan fingerprint density at radius 1 is 1.11 bits per heavy atom. The number of aromatic nitrogens is 7. The quantitative estimate of drug-likeness (QED) is 0.383. The lowest BCUT2D eigenvalue weighted by Crippen LogP contribution is -2.14. The Bertz CT molecular complexity index is 1510. The van der Waals surface area contributed by atoms with Crippen molar-refractivity contribution in [3.05, 3.63) is 77.5 Å². The second-order valence-corrected chi connectivity index (χ2v) is 8.69. The van der Waals surface area contributed by atoms with Crippen molar-refractivity contribution in [3.63, 3.8) is 0 Å². The molecule has 0 saturated carbocycles. The minimum absolute atomic E-state index is 0.199. The van der Waals surface area contributed by atoms with Crippen LogP contribution in [-0.2, 0) is 20.1 Å². The maximum Gasteiger partial charge on any atom is 0.256 e. The van der Waals surface area contributed by atoms with Crippen molar-refractivity contribution < 1.29 is 4.79 Å². The monoisotopic (exact) mass is 468 g/mol. The van der Waals surface area contributed by atoms with Gasteiger partial charge in [0.25, 0.3) is 5.91 Å². The second kappa shape index (κ2) is 9.17. The zero-order valence-corrected chi connectivity index (χ0v) is 20.4. The predicted molar refractivity (Wildman–Crippen MR) is 135 cm³/mol. The fourth-order valence-corrected chi connectivity index (χ4v) is 4.32. The highest BCUT2D eigenvalue weighted by Crippen LogP contribution is 2.29. The van der Waals surface area contributed by atoms with Crippen LogP contribution in [-0.4, -0.2) is 40.2 Å². The van der Waals surface area contributed by atoms with Crippen molar-refractivity contribution >= 4 is 22.6 Å². The maximum atomic E-state index is 13.6. The van der Waals surface area contributed by atoms with Crippen LogP contribution in [0.1, 0.15) is 40.7 Å². The van der Waals surface area contributed by atoms with E-state index in [-0.39, 0.29) is 5.91 Å². The summed E-state index contributed by atoms with van der Waals surface area (Å²) in [5, 5.41) is 17.2. The number of benzene rings is 1. The summed E-state index contributed by atoms with van der Waals surface area (Å²) in [6.07, 6.45) is 6.37. The lowest BCUT2D eigenvalue weighted by atomic mass is 10.1. The van der Waals surface area contributed by atoms with E-state index in [2.05, 4.69) is 22.4 Å². The van der Waals surface area contributed by atoms with Crippen LogP contribution in [0, 0.1) is 13.8 Å². The van der Waals surface area contributed by atoms with Gasteiger partial charge in [-0.2, -0.15) is 15.3 Å². The molecule has 5 rings (SSSR count). The number of fused-ring (bicyclic) bond motifs is 1. The third kappa shape index (κ3) is 4.32. The zero-order valence-electron chi connectivity index (χ0n) is 20.4. The maximum absolute atomic E-state index is 13.6. The number of hydrogen-bond donors (Lipinski definition) is 1. The first-order chi connectivity index (χ1) is 16.9. The van der Waals surface area contributed by atoms with Crippen LogP contribution in [0.15, 0.2) is 55.0 Å². The first kappa shape index (κ1) is 22.5. The van der Waals surface area contributed by atoms with Crippen LogP contribution < -0.4 is 5.32 Å². The Morgan fingerprint density at radius 3 is 2.69 bits per heavy atom. The molecule has 1 amide bonds. The fraction of sp³-hybridized carbons (Fsp3) is 0.269. The summed E-state index contributed by atoms with van der Waals surface area (Å²) >= 11 is 0. The Balaban J connectivity index is 1.56. The molecule has 1 aromatic carbocycles. The van der Waals surface area contributed by atoms with E-state index in [0.717, 1.165) is 46.6 Å². The molecule has 0 spiro atoms. The summed E-state index contributed by atoms with van der Waals surface area (Å²) < 4.78 is 5.54. The highest BCUT2D eigenvalue weighted by Gasteiger charge is 2.21. The SMILES string of the molecule is CCCn1nc(C)c2c(C(=O)Nc3cccc(Cn4cccn4)c3)cc(-c3cnn(C)c3C)nc21. The lowest BCUT2D eigenvalue weighted by molar-refractivity contribution is 0.102. The molecule has 5 aromatic rings. The Hall–Kier alpha value is -4.27. The number of rotatable bonds is 7. The van der Waals surface area contributed by atoms with Crippen molar-refractivity contribution in [2.45, 2.75) is 40.3 Å². The number of carbonyl (C=O) groups is 1. The largest absolute Gasteiger partial charge is 0.322 e. The average Bonchev–Trinajstić information content (AvgIpc) is 3.55. The molecule has 1 N–H and O–H groups in total. The van der Waals surface area contributed by atoms with E-state index in [9.17, 15) is 4.79 Å². The molecule has 0 radical (unpaired) electrons. The van der Waals surface area contributed by atoms with E-state index >= 15 is 0 Å². The van der Waals surface area contributed by atoms with Crippen LogP contribution in [0.4, 0.5) is 5.69 Å². The number of anilines is 1. The van der Waals surface area contributed by atoms with Crippen LogP contribution in [0.5, 0.6) is 0 Å². The predicted octanol–water partition coefficient (Wildman–Crippen LogP) is 4.36. The Morgan fingerprint density at radius 2 is 1.97 bits per heavy atom. The molecule has 9 nitrogen and oxygen atoms in total. The average molecular weight is 469 g/mol. The van der Waals surface area contributed by atoms with Crippen molar-refractivity contribution in [3.8, 4) is 11.3 Å². The Kier molecular flexibility index (Phi) is 5.90. The number of pyridine rings is 1. The molecule has 0 aliphatic rings. The summed E-state index contributed by atoms with van der Waals surface area (Å²) in [5.41, 5.74) is 6.39. The summed E-state index contributed by atoms with van der Waals surface area (Å²) in [4.78, 5) is 18.6. The van der Waals surface area contributed by atoms with Gasteiger partial charge in [-0.05, 0) is 50.1 Å². The van der Waals surface area contributed by atoms with Gasteiger partial charge in [-0.1, -0.05) is 19.1 Å². The number of aryl methyl sites for hydroxylation is 3. The van der Waals surface area contributed by atoms with Gasteiger partial charge in [0.2, 0.25) is 0 Å². The molecule has 35 heavy (non-hydrogen) atoms. The van der Waals surface area contributed by atoms with Crippen LogP contribution in [0.3, 0.4) is 0 Å². The van der Waals surface area contributed by atoms with Gasteiger partial charge < -0.3 is 5.32 Å². The van der Waals surface area contributed by atoms with Crippen LogP contribution >= 0.6 is 0 Å². The van der Waals surface area contributed by atoms with Crippen molar-refractivity contribution in [1.29, 1.82) is 0 Å². The second-order valence-electron chi connectivity index (χ2n) is 8.69. The van der Waals surface area contributed by atoms with Gasteiger partial charge in [0.15, 0.2) is 5.65 Å². The number of nitrogens with zero attached hydrogens (tertiary/aromatic N) is 7. The van der Waals surface area contributed by atoms with Crippen molar-refractivity contribution in [2.75, 3.05) is 5.32 Å². The first-order valence-corrected chi connectivity index (χ1v) is 11.7. The molecule has 4 heterocycles. The summed E-state index contributed by atoms with van der Waals surface area (Å²) in [6.45, 7) is 7.37. The highest BCUT2D eigenvalue weighted by molar-refractivity contribution is 6.13. The number of carbonyl (C=O) groups excluding carboxylic acids is 1. The molecule has 0 unspecified atom stereocenters. The van der Waals surface area contributed by atoms with Gasteiger partial charge in [0, 0.05) is 42.9 Å². The highest BCUT2D eigenvalue weighted by atomic mass is 16.1. The number of hydrogen-bond acceptors (Lipinski definition) is 5. The van der Waals surface area contributed by atoms with E-state index in [1.165, 1.54) is 0 Å². The number of nitrogens with one attached hydrogen (secondary N) is 1. The lowest BCUT2D eigenvalue weighted by Gasteiger charge is -2.11. The molecule has 0 fully saturated rings. The van der Waals surface area contributed by atoms with Gasteiger partial charge >= 0.3 is 0 Å². The molecule has 178 valence electrons. The molecule has 0 aliphatic carbocycles. The van der Waals surface area contributed by atoms with E-state index in [1.807, 2.05) is 72.9 Å². The van der Waals surface area contributed by atoms with Gasteiger partial charge in [-0.3, -0.25) is 14.2 Å². The van der Waals surface area contributed by atoms with Gasteiger partial charge in [-0.15, -0.1) is 0 Å². The molecule has 0 bridgehead atoms. The fourth-order valence-electron chi connectivity index (χ4n) is 4.32. The first-order valence-electron chi connectivity index (χ1n) is 11.7. The zero-order chi connectivity index (χ0) is 24.5. The van der Waals surface area contributed by atoms with Crippen molar-refractivity contribution in [1.82, 2.24) is 34.3 Å². The molecule has 9 heteroatoms. The van der Waals surface area contributed by atoms with E-state index in [0.29, 0.717) is 23.4 Å². The van der Waals surface area contributed by atoms with E-state index in [4.69, 9.17) is 10.1 Å². The standard InChI is InChI=1S/C26H28N8O/c1-5-11-34-25-24(17(2)31-34)21(14-23(30-25)22-15-28-32(4)18(22)3)26(35)29-20-9-6-8-19(13-20)16-33-12-7-10-27-33/h6-10,12-15H,5,11,16H2,1-4H3,(H,29,35). The Labute approximate surface area is 203 Å². The molecular formula is C26H28N8O. The summed E-state index contributed by atoms with van der Waals surface area (Å²) in [6, 6.07) is 11.6. The van der Waals surface area contributed by atoms with E-state index in [1.54, 1.807) is 17.1 Å². The minimum Gasteiger partial charge on any atom is -0.322 e. The molecule has 0 saturated heterocycles. The number of amides is 1.